The minimum Gasteiger partial charge on any atom is -0.480 e. The molecule has 1 amide bonds. The van der Waals surface area contributed by atoms with Gasteiger partial charge in [-0.05, 0) is 12.1 Å². The van der Waals surface area contributed by atoms with Crippen molar-refractivity contribution in [1.29, 1.82) is 0 Å². The molecular weight excluding hydrogens is 307 g/mol. The van der Waals surface area contributed by atoms with Crippen LogP contribution in [0.25, 0.3) is 11.3 Å². The normalized spacial score (nSPS) is 20.7. The lowest BCUT2D eigenvalue weighted by atomic mass is 10.1. The molecule has 120 valence electrons. The molecule has 0 radical (unpaired) electrons. The molecule has 2 N–H and O–H groups in total. The lowest BCUT2D eigenvalue weighted by Crippen LogP contribution is -2.39. The predicted octanol–water partition coefficient (Wildman–Crippen LogP) is 1.46. The average Bonchev–Trinajstić information content (AvgIpc) is 3.14. The van der Waals surface area contributed by atoms with Crippen LogP contribution in [-0.2, 0) is 4.79 Å². The second-order valence-corrected chi connectivity index (χ2v) is 5.27. The first kappa shape index (κ1) is 14.9. The lowest BCUT2D eigenvalue weighted by Gasteiger charge is -2.16. The van der Waals surface area contributed by atoms with Crippen molar-refractivity contribution < 1.29 is 24.2 Å². The molecule has 1 aromatic heterocycles. The van der Waals surface area contributed by atoms with Crippen LogP contribution in [0.3, 0.4) is 0 Å². The van der Waals surface area contributed by atoms with Crippen molar-refractivity contribution in [1.82, 2.24) is 19.9 Å². The number of hydrogen-bond acceptors (Lipinski definition) is 4. The molecule has 1 fully saturated rings. The molecule has 2 atom stereocenters. The first-order chi connectivity index (χ1) is 11.0. The molecule has 2 aromatic rings. The van der Waals surface area contributed by atoms with E-state index >= 15 is 0 Å². The quantitative estimate of drug-likeness (QED) is 0.886. The minimum absolute atomic E-state index is 0.0122. The van der Waals surface area contributed by atoms with Gasteiger partial charge >= 0.3 is 12.1 Å². The second kappa shape index (κ2) is 5.67. The maximum absolute atomic E-state index is 13.2. The summed E-state index contributed by atoms with van der Waals surface area (Å²) >= 11 is 0. The predicted molar refractivity (Wildman–Crippen MR) is 75.2 cm³/mol. The summed E-state index contributed by atoms with van der Waals surface area (Å²) in [6.07, 6.45) is 0.377. The van der Waals surface area contributed by atoms with Crippen molar-refractivity contribution in [2.45, 2.75) is 18.5 Å². The standard InChI is InChI=1S/C14H13FN4O4/c15-9-3-1-2-8(4-9)11-7-19(17-16-11)10-5-12(13(20)21)18(6-10)14(22)23/h1-4,7,10,12H,5-6H2,(H,20,21)(H,22,23)/t10-,12-/m0/s1. The van der Waals surface area contributed by atoms with Gasteiger partial charge in [0.15, 0.2) is 0 Å². The Labute approximate surface area is 129 Å². The Morgan fingerprint density at radius 2 is 2.09 bits per heavy atom. The number of aliphatic carboxylic acids is 1. The minimum atomic E-state index is -1.29. The molecule has 23 heavy (non-hydrogen) atoms. The molecule has 1 aliphatic heterocycles. The maximum Gasteiger partial charge on any atom is 0.408 e. The van der Waals surface area contributed by atoms with Crippen LogP contribution in [0.4, 0.5) is 9.18 Å². The van der Waals surface area contributed by atoms with Crippen LogP contribution in [0.15, 0.2) is 30.5 Å². The van der Waals surface area contributed by atoms with E-state index < -0.39 is 30.0 Å². The largest absolute Gasteiger partial charge is 0.480 e. The maximum atomic E-state index is 13.2. The van der Waals surface area contributed by atoms with Crippen molar-refractivity contribution in [3.05, 3.63) is 36.3 Å². The third-order valence-corrected chi connectivity index (χ3v) is 3.81. The van der Waals surface area contributed by atoms with E-state index in [0.29, 0.717) is 11.3 Å². The van der Waals surface area contributed by atoms with Gasteiger partial charge in [0.05, 0.1) is 12.2 Å². The number of carboxylic acids is 1. The zero-order valence-corrected chi connectivity index (χ0v) is 11.8. The van der Waals surface area contributed by atoms with Gasteiger partial charge in [0.1, 0.15) is 17.6 Å². The first-order valence-corrected chi connectivity index (χ1v) is 6.86. The monoisotopic (exact) mass is 320 g/mol. The molecule has 1 saturated heterocycles. The average molecular weight is 320 g/mol. The fraction of sp³-hybridized carbons (Fsp3) is 0.286. The van der Waals surface area contributed by atoms with Crippen molar-refractivity contribution in [3.8, 4) is 11.3 Å². The Hall–Kier alpha value is -2.97. The third kappa shape index (κ3) is 2.85. The summed E-state index contributed by atoms with van der Waals surface area (Å²) in [5.41, 5.74) is 0.976. The van der Waals surface area contributed by atoms with Gasteiger partial charge in [0, 0.05) is 18.5 Å². The summed E-state index contributed by atoms with van der Waals surface area (Å²) in [6, 6.07) is 4.31. The number of nitrogens with zero attached hydrogens (tertiary/aromatic N) is 4. The van der Waals surface area contributed by atoms with Gasteiger partial charge in [-0.15, -0.1) is 5.10 Å². The number of carboxylic acid groups (broad SMARTS) is 2. The SMILES string of the molecule is O=C(O)[C@@H]1C[C@H](n2cc(-c3cccc(F)c3)nn2)CN1C(=O)O. The molecule has 1 aliphatic rings. The highest BCUT2D eigenvalue weighted by atomic mass is 19.1. The highest BCUT2D eigenvalue weighted by Gasteiger charge is 2.41. The highest BCUT2D eigenvalue weighted by Crippen LogP contribution is 2.28. The fourth-order valence-electron chi connectivity index (χ4n) is 2.69. The van der Waals surface area contributed by atoms with E-state index in [1.165, 1.54) is 16.8 Å². The second-order valence-electron chi connectivity index (χ2n) is 5.27. The highest BCUT2D eigenvalue weighted by molar-refractivity contribution is 5.80. The molecule has 0 spiro atoms. The van der Waals surface area contributed by atoms with Crippen LogP contribution < -0.4 is 0 Å². The van der Waals surface area contributed by atoms with E-state index in [1.54, 1.807) is 18.3 Å². The van der Waals surface area contributed by atoms with Crippen LogP contribution >= 0.6 is 0 Å². The van der Waals surface area contributed by atoms with Crippen molar-refractivity contribution >= 4 is 12.1 Å². The fourth-order valence-corrected chi connectivity index (χ4v) is 2.69. The number of rotatable bonds is 3. The molecule has 2 heterocycles. The Morgan fingerprint density at radius 3 is 2.70 bits per heavy atom. The van der Waals surface area contributed by atoms with E-state index in [2.05, 4.69) is 10.3 Å². The summed E-state index contributed by atoms with van der Waals surface area (Å²) in [4.78, 5) is 23.2. The van der Waals surface area contributed by atoms with Gasteiger partial charge in [-0.2, -0.15) is 0 Å². The smallest absolute Gasteiger partial charge is 0.408 e. The zero-order chi connectivity index (χ0) is 16.6. The molecule has 0 saturated carbocycles. The van der Waals surface area contributed by atoms with Crippen LogP contribution in [-0.4, -0.2) is 54.8 Å². The Morgan fingerprint density at radius 1 is 1.30 bits per heavy atom. The first-order valence-electron chi connectivity index (χ1n) is 6.86. The van der Waals surface area contributed by atoms with Gasteiger partial charge < -0.3 is 10.2 Å². The third-order valence-electron chi connectivity index (χ3n) is 3.81. The summed E-state index contributed by atoms with van der Waals surface area (Å²) in [5.74, 6) is -1.60. The van der Waals surface area contributed by atoms with Gasteiger partial charge in [-0.3, -0.25) is 4.90 Å². The Bertz CT molecular complexity index is 741. The zero-order valence-electron chi connectivity index (χ0n) is 11.8. The van der Waals surface area contributed by atoms with E-state index in [4.69, 9.17) is 10.2 Å². The van der Waals surface area contributed by atoms with Crippen LogP contribution in [0.5, 0.6) is 0 Å². The molecule has 8 nitrogen and oxygen atoms in total. The molecule has 0 aliphatic carbocycles. The van der Waals surface area contributed by atoms with Gasteiger partial charge in [-0.25, -0.2) is 18.7 Å². The van der Waals surface area contributed by atoms with Crippen molar-refractivity contribution in [3.63, 3.8) is 0 Å². The van der Waals surface area contributed by atoms with E-state index in [-0.39, 0.29) is 13.0 Å². The number of amides is 1. The Balaban J connectivity index is 1.84. The van der Waals surface area contributed by atoms with E-state index in [1.807, 2.05) is 0 Å². The number of halogens is 1. The topological polar surface area (TPSA) is 109 Å². The molecule has 0 bridgehead atoms. The number of carbonyl (C=O) groups is 2. The lowest BCUT2D eigenvalue weighted by molar-refractivity contribution is -0.141. The molecular formula is C14H13FN4O4. The molecule has 1 aromatic carbocycles. The summed E-state index contributed by atoms with van der Waals surface area (Å²) in [7, 11) is 0. The van der Waals surface area contributed by atoms with E-state index in [0.717, 1.165) is 4.90 Å². The Kier molecular flexibility index (Phi) is 3.68. The number of likely N-dealkylation sites (tertiary alicyclic amines) is 1. The van der Waals surface area contributed by atoms with Gasteiger partial charge in [-0.1, -0.05) is 17.3 Å². The summed E-state index contributed by atoms with van der Waals surface area (Å²) in [6.45, 7) is 0.0122. The summed E-state index contributed by atoms with van der Waals surface area (Å²) in [5, 5.41) is 26.1. The van der Waals surface area contributed by atoms with Gasteiger partial charge in [0.25, 0.3) is 0 Å². The number of aromatic nitrogens is 3. The van der Waals surface area contributed by atoms with Crippen LogP contribution in [0.1, 0.15) is 12.5 Å². The van der Waals surface area contributed by atoms with Crippen molar-refractivity contribution in [2.75, 3.05) is 6.54 Å². The number of hydrogen-bond donors (Lipinski definition) is 2. The molecule has 3 rings (SSSR count). The molecule has 9 heteroatoms. The van der Waals surface area contributed by atoms with Crippen molar-refractivity contribution in [2.24, 2.45) is 0 Å². The summed E-state index contributed by atoms with van der Waals surface area (Å²) < 4.78 is 14.7. The molecule has 0 unspecified atom stereocenters. The van der Waals surface area contributed by atoms with Gasteiger partial charge in [0.2, 0.25) is 0 Å². The van der Waals surface area contributed by atoms with E-state index in [9.17, 15) is 14.0 Å². The van der Waals surface area contributed by atoms with Crippen LogP contribution in [0.2, 0.25) is 0 Å². The number of benzene rings is 1. The van der Waals surface area contributed by atoms with Crippen LogP contribution in [0, 0.1) is 5.82 Å².